The van der Waals surface area contributed by atoms with E-state index in [1.54, 1.807) is 0 Å². The Kier molecular flexibility index (Phi) is 5.16. The average Bonchev–Trinajstić information content (AvgIpc) is 1.57. The van der Waals surface area contributed by atoms with Crippen LogP contribution in [0.1, 0.15) is 0 Å². The van der Waals surface area contributed by atoms with Gasteiger partial charge in [0.05, 0.1) is 0 Å². The summed E-state index contributed by atoms with van der Waals surface area (Å²) in [5.74, 6) is 0. The van der Waals surface area contributed by atoms with Gasteiger partial charge in [0.25, 0.3) is 0 Å². The average molecular weight is 337 g/mol. The van der Waals surface area contributed by atoms with Crippen molar-refractivity contribution in [3.8, 4) is 0 Å². The molecular weight excluding hydrogens is 334 g/mol. The molecule has 0 saturated heterocycles. The summed E-state index contributed by atoms with van der Waals surface area (Å²) in [6.45, 7) is 0. The molecule has 0 aromatic heterocycles. The molecule has 70 valence electrons. The fourth-order valence-electron chi connectivity index (χ4n) is 0.192. The van der Waals surface area contributed by atoms with Crippen molar-refractivity contribution in [2.45, 2.75) is 0 Å². The molecule has 2 nitrogen and oxygen atoms in total. The summed E-state index contributed by atoms with van der Waals surface area (Å²) in [6.07, 6.45) is 0. The Labute approximate surface area is 95.7 Å². The van der Waals surface area contributed by atoms with E-state index in [4.69, 9.17) is 67.4 Å². The van der Waals surface area contributed by atoms with E-state index in [1.165, 1.54) is 0 Å². The van der Waals surface area contributed by atoms with Crippen molar-refractivity contribution in [3.05, 3.63) is 0 Å². The van der Waals surface area contributed by atoms with Crippen LogP contribution in [0.4, 0.5) is 0 Å². The first-order valence-electron chi connectivity index (χ1n) is 1.93. The third kappa shape index (κ3) is 7.83. The van der Waals surface area contributed by atoms with Crippen molar-refractivity contribution in [1.82, 2.24) is 4.86 Å². The summed E-state index contributed by atoms with van der Waals surface area (Å²) >= 11 is 33.0. The first-order chi connectivity index (χ1) is 4.53. The third-order valence-corrected chi connectivity index (χ3v) is 10.4. The Morgan fingerprint density at radius 2 is 1.55 bits per heavy atom. The van der Waals surface area contributed by atoms with Gasteiger partial charge in [0.2, 0.25) is 0 Å². The molecule has 11 heteroatoms. The Hall–Kier alpha value is 2.79. The van der Waals surface area contributed by atoms with Gasteiger partial charge < -0.3 is 0 Å². The van der Waals surface area contributed by atoms with Gasteiger partial charge >= 0.3 is 96.3 Å². The zero-order valence-corrected chi connectivity index (χ0v) is 12.2. The van der Waals surface area contributed by atoms with Crippen molar-refractivity contribution in [2.24, 2.45) is 4.52 Å². The molecule has 0 amide bonds. The van der Waals surface area contributed by atoms with Crippen LogP contribution in [-0.2, 0) is 0 Å². The van der Waals surface area contributed by atoms with Crippen LogP contribution in [-0.4, -0.2) is 0 Å². The first-order valence-corrected chi connectivity index (χ1v) is 11.9. The van der Waals surface area contributed by atoms with Crippen LogP contribution in [0.5, 0.6) is 0 Å². The second-order valence-corrected chi connectivity index (χ2v) is 19.0. The Bertz CT molecular complexity index is 187. The van der Waals surface area contributed by atoms with E-state index in [-0.39, 0.29) is 0 Å². The number of nitrogens with zero attached hydrogens (tertiary/aromatic N) is 1. The van der Waals surface area contributed by atoms with Crippen LogP contribution in [0.15, 0.2) is 4.52 Å². The molecule has 0 aromatic carbocycles. The molecule has 1 unspecified atom stereocenters. The van der Waals surface area contributed by atoms with E-state index in [0.717, 1.165) is 0 Å². The minimum atomic E-state index is -3.86. The molecule has 1 N–H and O–H groups in total. The van der Waals surface area contributed by atoms with Gasteiger partial charge in [-0.1, -0.05) is 0 Å². The fraction of sp³-hybridized carbons (Fsp3) is 0. The summed E-state index contributed by atoms with van der Waals surface area (Å²) in [5.41, 5.74) is 0. The van der Waals surface area contributed by atoms with Crippen LogP contribution in [0, 0.1) is 0 Å². The summed E-state index contributed by atoms with van der Waals surface area (Å²) in [7, 11) is 2.02. The van der Waals surface area contributed by atoms with Gasteiger partial charge in [-0.3, -0.25) is 0 Å². The summed E-state index contributed by atoms with van der Waals surface area (Å²) in [5, 5.41) is -2.99. The van der Waals surface area contributed by atoms with Gasteiger partial charge in [0.15, 0.2) is 0 Å². The quantitative estimate of drug-likeness (QED) is 0.626. The molecule has 0 aromatic rings. The summed E-state index contributed by atoms with van der Waals surface area (Å²) in [4.78, 5) is -1.54. The van der Waals surface area contributed by atoms with E-state index in [1.807, 2.05) is 9.39 Å². The first kappa shape index (κ1) is 13.8. The summed E-state index contributed by atoms with van der Waals surface area (Å²) in [6, 6.07) is 0. The van der Waals surface area contributed by atoms with Crippen molar-refractivity contribution in [2.75, 3.05) is 0 Å². The van der Waals surface area contributed by atoms with Crippen molar-refractivity contribution in [1.29, 1.82) is 0 Å². The van der Waals surface area contributed by atoms with Crippen LogP contribution < -0.4 is 4.86 Å². The number of rotatable bonds is 2. The predicted molar refractivity (Wildman–Crippen MR) is 64.2 cm³/mol. The van der Waals surface area contributed by atoms with Gasteiger partial charge in [0, 0.05) is 0 Å². The maximum atomic E-state index is 5.60. The number of hydrogen-bond donors (Lipinski definition) is 1. The Morgan fingerprint density at radius 3 is 1.64 bits per heavy atom. The molecule has 11 heavy (non-hydrogen) atoms. The molecule has 0 heterocycles. The number of nitrogens with one attached hydrogen (secondary N) is 1. The molecule has 0 rings (SSSR count). The zero-order chi connectivity index (χ0) is 9.36. The van der Waals surface area contributed by atoms with Crippen molar-refractivity contribution in [3.63, 3.8) is 0 Å². The predicted octanol–water partition coefficient (Wildman–Crippen LogP) is 5.87. The normalized spacial score (nSPS) is 17.2. The van der Waals surface area contributed by atoms with E-state index >= 15 is 0 Å². The van der Waals surface area contributed by atoms with E-state index in [9.17, 15) is 0 Å². The molecular formula is H3Cl6N2P3. The topological polar surface area (TPSA) is 24.4 Å². The molecule has 0 saturated carbocycles. The molecule has 0 fully saturated rings. The van der Waals surface area contributed by atoms with Gasteiger partial charge in [-0.05, 0) is 0 Å². The van der Waals surface area contributed by atoms with Gasteiger partial charge in [-0.15, -0.1) is 0 Å². The van der Waals surface area contributed by atoms with Crippen molar-refractivity contribution < 1.29 is 0 Å². The minimum absolute atomic E-state index is 2.02. The summed E-state index contributed by atoms with van der Waals surface area (Å²) < 4.78 is 3.49. The second-order valence-electron chi connectivity index (χ2n) is 1.41. The fourth-order valence-corrected chi connectivity index (χ4v) is 11.4. The zero-order valence-electron chi connectivity index (χ0n) is 4.69. The molecule has 0 spiro atoms. The van der Waals surface area contributed by atoms with Crippen LogP contribution in [0.3, 0.4) is 0 Å². The maximum absolute atomic E-state index is 5.60. The third-order valence-electron chi connectivity index (χ3n) is 0.452. The Balaban J connectivity index is 4.89. The van der Waals surface area contributed by atoms with Gasteiger partial charge in [-0.2, -0.15) is 0 Å². The molecule has 0 radical (unpaired) electrons. The van der Waals surface area contributed by atoms with E-state index in [2.05, 4.69) is 9.37 Å². The SMILES string of the molecule is PNP(Cl)(Cl)(Cl)N=P(Cl)(Cl)Cl. The standard InChI is InChI=1S/Cl6H3N2P3/c1-10(2,3)8-11(4,5,6)7-9/h7H,9H2. The molecule has 0 aliphatic rings. The number of halogens is 6. The van der Waals surface area contributed by atoms with Crippen LogP contribution in [0.25, 0.3) is 0 Å². The van der Waals surface area contributed by atoms with Gasteiger partial charge in [-0.25, -0.2) is 0 Å². The van der Waals surface area contributed by atoms with Crippen LogP contribution in [0.2, 0.25) is 0 Å². The second kappa shape index (κ2) is 4.11. The molecule has 0 bridgehead atoms. The van der Waals surface area contributed by atoms with Crippen LogP contribution >= 0.6 is 86.9 Å². The van der Waals surface area contributed by atoms with E-state index < -0.39 is 10.1 Å². The van der Waals surface area contributed by atoms with E-state index in [0.29, 0.717) is 0 Å². The molecule has 0 aliphatic carbocycles. The van der Waals surface area contributed by atoms with Gasteiger partial charge in [0.1, 0.15) is 0 Å². The molecule has 0 aliphatic heterocycles. The van der Waals surface area contributed by atoms with Crippen molar-refractivity contribution >= 4 is 86.9 Å². The molecule has 1 atom stereocenters. The number of hydrogen-bond acceptors (Lipinski definition) is 2. The monoisotopic (exact) mass is 334 g/mol. The Morgan fingerprint density at radius 1 is 1.18 bits per heavy atom.